The van der Waals surface area contributed by atoms with E-state index in [1.54, 1.807) is 37.3 Å². The minimum atomic E-state index is -3.52. The quantitative estimate of drug-likeness (QED) is 0.800. The van der Waals surface area contributed by atoms with E-state index in [1.165, 1.54) is 0 Å². The second kappa shape index (κ2) is 5.79. The van der Waals surface area contributed by atoms with Crippen LogP contribution in [0.2, 0.25) is 0 Å². The molecule has 1 aromatic rings. The molecule has 0 saturated carbocycles. The van der Waals surface area contributed by atoms with E-state index in [9.17, 15) is 13.2 Å². The van der Waals surface area contributed by atoms with Crippen molar-refractivity contribution in [3.05, 3.63) is 35.9 Å². The zero-order valence-electron chi connectivity index (χ0n) is 9.46. The fourth-order valence-electron chi connectivity index (χ4n) is 1.33. The third kappa shape index (κ3) is 4.16. The van der Waals surface area contributed by atoms with Crippen LogP contribution in [-0.2, 0) is 14.8 Å². The molecule has 0 aromatic heterocycles. The molecule has 0 amide bonds. The predicted molar refractivity (Wildman–Crippen MR) is 64.0 cm³/mol. The molecule has 0 bridgehead atoms. The van der Waals surface area contributed by atoms with Crippen LogP contribution in [0.4, 0.5) is 0 Å². The monoisotopic (exact) mass is 257 g/mol. The van der Waals surface area contributed by atoms with Crippen molar-refractivity contribution < 1.29 is 18.3 Å². The van der Waals surface area contributed by atoms with Crippen LogP contribution in [0.15, 0.2) is 30.3 Å². The first kappa shape index (κ1) is 13.7. The lowest BCUT2D eigenvalue weighted by Crippen LogP contribution is -2.29. The van der Waals surface area contributed by atoms with Crippen molar-refractivity contribution in [2.75, 3.05) is 6.54 Å². The van der Waals surface area contributed by atoms with Gasteiger partial charge in [0.05, 0.1) is 11.7 Å². The van der Waals surface area contributed by atoms with E-state index in [4.69, 9.17) is 5.11 Å². The Labute approximate surface area is 101 Å². The van der Waals surface area contributed by atoms with Crippen molar-refractivity contribution in [2.24, 2.45) is 0 Å². The molecular weight excluding hydrogens is 242 g/mol. The van der Waals surface area contributed by atoms with Crippen molar-refractivity contribution >= 4 is 16.0 Å². The van der Waals surface area contributed by atoms with Crippen LogP contribution >= 0.6 is 0 Å². The Hall–Kier alpha value is -1.40. The number of carbonyl (C=O) groups is 1. The summed E-state index contributed by atoms with van der Waals surface area (Å²) in [7, 11) is -3.52. The van der Waals surface area contributed by atoms with Gasteiger partial charge in [0.1, 0.15) is 0 Å². The molecule has 0 saturated heterocycles. The molecule has 0 heterocycles. The normalized spacial score (nSPS) is 13.2. The average molecular weight is 257 g/mol. The third-order valence-electron chi connectivity index (χ3n) is 2.38. The van der Waals surface area contributed by atoms with Crippen molar-refractivity contribution in [2.45, 2.75) is 18.6 Å². The lowest BCUT2D eigenvalue weighted by atomic mass is 10.2. The number of aliphatic carboxylic acids is 1. The summed E-state index contributed by atoms with van der Waals surface area (Å²) in [6, 6.07) is 8.78. The van der Waals surface area contributed by atoms with Crippen LogP contribution in [0.25, 0.3) is 0 Å². The fourth-order valence-corrected chi connectivity index (χ4v) is 2.48. The van der Waals surface area contributed by atoms with Crippen molar-refractivity contribution in [3.63, 3.8) is 0 Å². The highest BCUT2D eigenvalue weighted by atomic mass is 32.2. The second-order valence-corrected chi connectivity index (χ2v) is 5.72. The minimum Gasteiger partial charge on any atom is -0.481 e. The van der Waals surface area contributed by atoms with Crippen LogP contribution in [0.3, 0.4) is 0 Å². The first-order valence-corrected chi connectivity index (χ1v) is 6.73. The molecule has 0 radical (unpaired) electrons. The maximum absolute atomic E-state index is 11.8. The van der Waals surface area contributed by atoms with Gasteiger partial charge in [-0.2, -0.15) is 0 Å². The number of hydrogen-bond donors (Lipinski definition) is 2. The zero-order chi connectivity index (χ0) is 12.9. The number of nitrogens with one attached hydrogen (secondary N) is 1. The molecule has 0 aliphatic heterocycles. The standard InChI is InChI=1S/C11H15NO4S/c1-9(10-5-3-2-4-6-10)17(15,16)12-8-7-11(13)14/h2-6,9,12H,7-8H2,1H3,(H,13,14). The molecule has 1 rings (SSSR count). The van der Waals surface area contributed by atoms with E-state index in [0.29, 0.717) is 5.56 Å². The van der Waals surface area contributed by atoms with E-state index in [1.807, 2.05) is 0 Å². The van der Waals surface area contributed by atoms with Crippen LogP contribution in [-0.4, -0.2) is 26.0 Å². The van der Waals surface area contributed by atoms with Gasteiger partial charge in [-0.05, 0) is 12.5 Å². The highest BCUT2D eigenvalue weighted by molar-refractivity contribution is 7.89. The highest BCUT2D eigenvalue weighted by Crippen LogP contribution is 2.19. The summed E-state index contributed by atoms with van der Waals surface area (Å²) < 4.78 is 25.9. The van der Waals surface area contributed by atoms with E-state index in [-0.39, 0.29) is 13.0 Å². The van der Waals surface area contributed by atoms with Gasteiger partial charge in [0.25, 0.3) is 0 Å². The summed E-state index contributed by atoms with van der Waals surface area (Å²) in [6.45, 7) is 1.48. The third-order valence-corrected chi connectivity index (χ3v) is 4.19. The number of sulfonamides is 1. The van der Waals surface area contributed by atoms with Crippen LogP contribution in [0.1, 0.15) is 24.2 Å². The van der Waals surface area contributed by atoms with E-state index < -0.39 is 21.2 Å². The Balaban J connectivity index is 2.68. The molecule has 1 atom stereocenters. The maximum atomic E-state index is 11.8. The zero-order valence-corrected chi connectivity index (χ0v) is 10.3. The van der Waals surface area contributed by atoms with Gasteiger partial charge in [-0.25, -0.2) is 13.1 Å². The highest BCUT2D eigenvalue weighted by Gasteiger charge is 2.21. The first-order chi connectivity index (χ1) is 7.93. The number of rotatable bonds is 6. The van der Waals surface area contributed by atoms with Gasteiger partial charge < -0.3 is 5.11 Å². The van der Waals surface area contributed by atoms with Gasteiger partial charge in [-0.1, -0.05) is 30.3 Å². The van der Waals surface area contributed by atoms with Gasteiger partial charge in [0.15, 0.2) is 0 Å². The first-order valence-electron chi connectivity index (χ1n) is 5.18. The molecule has 0 aliphatic rings. The summed E-state index contributed by atoms with van der Waals surface area (Å²) in [6.07, 6.45) is -0.221. The minimum absolute atomic E-state index is 0.0885. The number of carboxylic acids is 1. The molecule has 17 heavy (non-hydrogen) atoms. The SMILES string of the molecule is CC(c1ccccc1)S(=O)(=O)NCCC(=O)O. The van der Waals surface area contributed by atoms with Gasteiger partial charge in [0, 0.05) is 6.54 Å². The van der Waals surface area contributed by atoms with Crippen LogP contribution in [0, 0.1) is 0 Å². The Bertz CT molecular complexity index is 470. The topological polar surface area (TPSA) is 83.5 Å². The molecule has 94 valence electrons. The molecule has 5 nitrogen and oxygen atoms in total. The summed E-state index contributed by atoms with van der Waals surface area (Å²) in [4.78, 5) is 10.3. The van der Waals surface area contributed by atoms with Gasteiger partial charge in [-0.3, -0.25) is 4.79 Å². The maximum Gasteiger partial charge on any atom is 0.304 e. The van der Waals surface area contributed by atoms with Crippen LogP contribution in [0.5, 0.6) is 0 Å². The molecule has 1 unspecified atom stereocenters. The fraction of sp³-hybridized carbons (Fsp3) is 0.364. The summed E-state index contributed by atoms with van der Waals surface area (Å²) in [5, 5.41) is 7.73. The van der Waals surface area contributed by atoms with E-state index in [2.05, 4.69) is 4.72 Å². The molecule has 6 heteroatoms. The Morgan fingerprint density at radius 2 is 1.94 bits per heavy atom. The summed E-state index contributed by atoms with van der Waals surface area (Å²) in [5.74, 6) is -1.03. The Morgan fingerprint density at radius 1 is 1.35 bits per heavy atom. The van der Waals surface area contributed by atoms with Gasteiger partial charge >= 0.3 is 5.97 Å². The molecular formula is C11H15NO4S. The van der Waals surface area contributed by atoms with E-state index >= 15 is 0 Å². The Morgan fingerprint density at radius 3 is 2.47 bits per heavy atom. The smallest absolute Gasteiger partial charge is 0.304 e. The van der Waals surface area contributed by atoms with Crippen LogP contribution < -0.4 is 4.72 Å². The summed E-state index contributed by atoms with van der Waals surface area (Å²) >= 11 is 0. The predicted octanol–water partition coefficient (Wildman–Crippen LogP) is 1.14. The van der Waals surface area contributed by atoms with Crippen molar-refractivity contribution in [1.82, 2.24) is 4.72 Å². The van der Waals surface area contributed by atoms with Crippen molar-refractivity contribution in [3.8, 4) is 0 Å². The number of hydrogen-bond acceptors (Lipinski definition) is 3. The molecule has 1 aromatic carbocycles. The van der Waals surface area contributed by atoms with E-state index in [0.717, 1.165) is 0 Å². The average Bonchev–Trinajstić information content (AvgIpc) is 2.28. The lowest BCUT2D eigenvalue weighted by Gasteiger charge is -2.13. The molecule has 2 N–H and O–H groups in total. The molecule has 0 fully saturated rings. The lowest BCUT2D eigenvalue weighted by molar-refractivity contribution is -0.136. The summed E-state index contributed by atoms with van der Waals surface area (Å²) in [5.41, 5.74) is 0.676. The molecule has 0 spiro atoms. The largest absolute Gasteiger partial charge is 0.481 e. The molecule has 0 aliphatic carbocycles. The van der Waals surface area contributed by atoms with Gasteiger partial charge in [0.2, 0.25) is 10.0 Å². The van der Waals surface area contributed by atoms with Gasteiger partial charge in [-0.15, -0.1) is 0 Å². The Kier molecular flexibility index (Phi) is 4.65. The number of benzene rings is 1. The van der Waals surface area contributed by atoms with Crippen molar-refractivity contribution in [1.29, 1.82) is 0 Å². The second-order valence-electron chi connectivity index (χ2n) is 3.64. The number of carboxylic acid groups (broad SMARTS) is 1.